The van der Waals surface area contributed by atoms with E-state index in [4.69, 9.17) is 0 Å². The normalized spacial score (nSPS) is 11.9. The minimum absolute atomic E-state index is 0.227. The summed E-state index contributed by atoms with van der Waals surface area (Å²) in [5.74, 6) is 0.702. The van der Waals surface area contributed by atoms with Crippen molar-refractivity contribution in [2.24, 2.45) is 7.05 Å². The Kier molecular flexibility index (Phi) is 5.70. The van der Waals surface area contributed by atoms with Gasteiger partial charge in [0.1, 0.15) is 11.9 Å². The van der Waals surface area contributed by atoms with E-state index >= 15 is 0 Å². The molecule has 1 rings (SSSR count). The molecule has 2 N–H and O–H groups in total. The maximum atomic E-state index is 11.7. The van der Waals surface area contributed by atoms with Gasteiger partial charge in [0.05, 0.1) is 0 Å². The quantitative estimate of drug-likeness (QED) is 0.611. The highest BCUT2D eigenvalue weighted by Crippen LogP contribution is 1.95. The Balaban J connectivity index is 2.36. The number of amides is 2. The van der Waals surface area contributed by atoms with Crippen molar-refractivity contribution in [2.45, 2.75) is 19.4 Å². The molecule has 18 heavy (non-hydrogen) atoms. The fourth-order valence-electron chi connectivity index (χ4n) is 1.50. The van der Waals surface area contributed by atoms with Crippen molar-refractivity contribution < 1.29 is 9.59 Å². The molecule has 1 aromatic rings. The number of nitrogens with zero attached hydrogens (tertiary/aromatic N) is 2. The van der Waals surface area contributed by atoms with Crippen LogP contribution in [0.15, 0.2) is 12.4 Å². The van der Waals surface area contributed by atoms with Crippen molar-refractivity contribution in [3.8, 4) is 0 Å². The number of nitrogens with one attached hydrogen (secondary N) is 2. The summed E-state index contributed by atoms with van der Waals surface area (Å²) in [6.07, 6.45) is 4.21. The summed E-state index contributed by atoms with van der Waals surface area (Å²) in [4.78, 5) is 26.8. The fraction of sp³-hybridized carbons (Fsp3) is 0.545. The van der Waals surface area contributed by atoms with E-state index in [1.165, 1.54) is 6.92 Å². The third-order valence-electron chi connectivity index (χ3n) is 2.45. The topological polar surface area (TPSA) is 76.0 Å². The predicted octanol–water partition coefficient (Wildman–Crippen LogP) is -0.487. The Morgan fingerprint density at radius 3 is 2.78 bits per heavy atom. The molecule has 0 spiro atoms. The number of hydrogen-bond acceptors (Lipinski definition) is 4. The molecule has 7 heteroatoms. The van der Waals surface area contributed by atoms with Gasteiger partial charge in [-0.25, -0.2) is 4.98 Å². The number of imidazole rings is 1. The molecule has 1 unspecified atom stereocenters. The summed E-state index contributed by atoms with van der Waals surface area (Å²) in [5, 5.41) is 5.28. The zero-order valence-electron chi connectivity index (χ0n) is 10.5. The van der Waals surface area contributed by atoms with Crippen molar-refractivity contribution >= 4 is 24.4 Å². The average Bonchev–Trinajstić information content (AvgIpc) is 2.71. The van der Waals surface area contributed by atoms with Gasteiger partial charge in [0.25, 0.3) is 0 Å². The Labute approximate surface area is 112 Å². The number of carbonyl (C=O) groups is 2. The van der Waals surface area contributed by atoms with E-state index in [-0.39, 0.29) is 17.6 Å². The lowest BCUT2D eigenvalue weighted by Gasteiger charge is -2.15. The van der Waals surface area contributed by atoms with Gasteiger partial charge < -0.3 is 15.2 Å². The van der Waals surface area contributed by atoms with Gasteiger partial charge in [-0.15, -0.1) is 0 Å². The molecule has 1 aromatic heterocycles. The lowest BCUT2D eigenvalue weighted by molar-refractivity contribution is -0.127. The first-order chi connectivity index (χ1) is 8.54. The first-order valence-corrected chi connectivity index (χ1v) is 6.29. The van der Waals surface area contributed by atoms with Crippen LogP contribution < -0.4 is 10.6 Å². The van der Waals surface area contributed by atoms with Crippen LogP contribution in [0, 0.1) is 0 Å². The standard InChI is InChI=1S/C11H18N4O2S/c1-8(16)14-9(7-18)11(17)13-4-3-10-12-5-6-15(10)2/h5-6,9,18H,3-4,7H2,1-2H3,(H,13,17)(H,14,16). The van der Waals surface area contributed by atoms with Gasteiger partial charge in [-0.2, -0.15) is 12.6 Å². The van der Waals surface area contributed by atoms with Crippen LogP contribution in [0.2, 0.25) is 0 Å². The van der Waals surface area contributed by atoms with Gasteiger partial charge in [0.2, 0.25) is 11.8 Å². The van der Waals surface area contributed by atoms with Crippen LogP contribution in [0.25, 0.3) is 0 Å². The minimum atomic E-state index is -0.591. The molecule has 0 aliphatic carbocycles. The van der Waals surface area contributed by atoms with Crippen molar-refractivity contribution in [2.75, 3.05) is 12.3 Å². The number of thiol groups is 1. The largest absolute Gasteiger partial charge is 0.354 e. The second-order valence-electron chi connectivity index (χ2n) is 3.93. The summed E-state index contributed by atoms with van der Waals surface area (Å²) in [6, 6.07) is -0.591. The molecule has 0 saturated heterocycles. The number of rotatable bonds is 6. The van der Waals surface area contributed by atoms with Crippen LogP contribution in [0.4, 0.5) is 0 Å². The second kappa shape index (κ2) is 7.05. The van der Waals surface area contributed by atoms with Crippen molar-refractivity contribution in [3.63, 3.8) is 0 Å². The summed E-state index contributed by atoms with van der Waals surface area (Å²) in [5.41, 5.74) is 0. The van der Waals surface area contributed by atoms with Crippen LogP contribution in [0.5, 0.6) is 0 Å². The lowest BCUT2D eigenvalue weighted by atomic mass is 10.3. The molecule has 0 saturated carbocycles. The SMILES string of the molecule is CC(=O)NC(CS)C(=O)NCCc1nccn1C. The zero-order valence-corrected chi connectivity index (χ0v) is 11.4. The fourth-order valence-corrected chi connectivity index (χ4v) is 1.75. The van der Waals surface area contributed by atoms with Gasteiger partial charge in [-0.05, 0) is 0 Å². The number of aryl methyl sites for hydroxylation is 1. The summed E-state index contributed by atoms with van der Waals surface area (Å²) in [7, 11) is 1.90. The third-order valence-corrected chi connectivity index (χ3v) is 2.81. The van der Waals surface area contributed by atoms with Crippen molar-refractivity contribution in [3.05, 3.63) is 18.2 Å². The van der Waals surface area contributed by atoms with E-state index < -0.39 is 6.04 Å². The van der Waals surface area contributed by atoms with Gasteiger partial charge in [0.15, 0.2) is 0 Å². The predicted molar refractivity (Wildman–Crippen MR) is 71.4 cm³/mol. The molecule has 100 valence electrons. The van der Waals surface area contributed by atoms with Crippen LogP contribution in [0.1, 0.15) is 12.7 Å². The van der Waals surface area contributed by atoms with Gasteiger partial charge in [-0.1, -0.05) is 0 Å². The molecular formula is C11H18N4O2S. The molecule has 1 heterocycles. The molecule has 0 fully saturated rings. The first kappa shape index (κ1) is 14.6. The Bertz CT molecular complexity index is 419. The molecular weight excluding hydrogens is 252 g/mol. The maximum absolute atomic E-state index is 11.7. The van der Waals surface area contributed by atoms with E-state index in [0.29, 0.717) is 13.0 Å². The Morgan fingerprint density at radius 1 is 1.56 bits per heavy atom. The Hall–Kier alpha value is -1.50. The monoisotopic (exact) mass is 270 g/mol. The van der Waals surface area contributed by atoms with E-state index in [1.54, 1.807) is 6.20 Å². The lowest BCUT2D eigenvalue weighted by Crippen LogP contribution is -2.47. The van der Waals surface area contributed by atoms with E-state index in [0.717, 1.165) is 5.82 Å². The van der Waals surface area contributed by atoms with Crippen LogP contribution in [-0.4, -0.2) is 39.7 Å². The number of carbonyl (C=O) groups excluding carboxylic acids is 2. The molecule has 6 nitrogen and oxygen atoms in total. The van der Waals surface area contributed by atoms with Gasteiger partial charge in [-0.3, -0.25) is 9.59 Å². The zero-order chi connectivity index (χ0) is 13.5. The summed E-state index contributed by atoms with van der Waals surface area (Å²) in [6.45, 7) is 1.85. The van der Waals surface area contributed by atoms with E-state index in [9.17, 15) is 9.59 Å². The van der Waals surface area contributed by atoms with Gasteiger partial charge >= 0.3 is 0 Å². The molecule has 2 amide bonds. The van der Waals surface area contributed by atoms with Crippen LogP contribution >= 0.6 is 12.6 Å². The van der Waals surface area contributed by atoms with Crippen LogP contribution in [0.3, 0.4) is 0 Å². The minimum Gasteiger partial charge on any atom is -0.354 e. The average molecular weight is 270 g/mol. The molecule has 0 aliphatic heterocycles. The highest BCUT2D eigenvalue weighted by Gasteiger charge is 2.16. The molecule has 0 aliphatic rings. The van der Waals surface area contributed by atoms with Crippen LogP contribution in [-0.2, 0) is 23.1 Å². The van der Waals surface area contributed by atoms with Crippen molar-refractivity contribution in [1.82, 2.24) is 20.2 Å². The highest BCUT2D eigenvalue weighted by atomic mass is 32.1. The summed E-state index contributed by atoms with van der Waals surface area (Å²) < 4.78 is 1.90. The van der Waals surface area contributed by atoms with E-state index in [1.807, 2.05) is 17.8 Å². The van der Waals surface area contributed by atoms with E-state index in [2.05, 4.69) is 28.2 Å². The molecule has 1 atom stereocenters. The Morgan fingerprint density at radius 2 is 2.28 bits per heavy atom. The summed E-state index contributed by atoms with van der Waals surface area (Å²) >= 11 is 4.04. The van der Waals surface area contributed by atoms with Crippen molar-refractivity contribution in [1.29, 1.82) is 0 Å². The maximum Gasteiger partial charge on any atom is 0.243 e. The highest BCUT2D eigenvalue weighted by molar-refractivity contribution is 7.80. The third kappa shape index (κ3) is 4.40. The molecule has 0 aromatic carbocycles. The smallest absolute Gasteiger partial charge is 0.243 e. The van der Waals surface area contributed by atoms with Gasteiger partial charge in [0, 0.05) is 45.1 Å². The number of aromatic nitrogens is 2. The second-order valence-corrected chi connectivity index (χ2v) is 4.30. The number of hydrogen-bond donors (Lipinski definition) is 3. The molecule has 0 radical (unpaired) electrons. The molecule has 0 bridgehead atoms. The first-order valence-electron chi connectivity index (χ1n) is 5.66.